The predicted octanol–water partition coefficient (Wildman–Crippen LogP) is 2.79. The lowest BCUT2D eigenvalue weighted by Crippen LogP contribution is -2.31. The van der Waals surface area contributed by atoms with Crippen LogP contribution in [-0.4, -0.2) is 25.3 Å². The summed E-state index contributed by atoms with van der Waals surface area (Å²) in [5, 5.41) is 6.10. The molecule has 6 heteroatoms. The molecule has 0 unspecified atom stereocenters. The first-order valence-electron chi connectivity index (χ1n) is 7.92. The third-order valence-electron chi connectivity index (χ3n) is 4.11. The van der Waals surface area contributed by atoms with Gasteiger partial charge in [0.15, 0.2) is 11.5 Å². The van der Waals surface area contributed by atoms with Crippen molar-refractivity contribution < 1.29 is 19.0 Å². The molecule has 0 aliphatic carbocycles. The van der Waals surface area contributed by atoms with Crippen molar-refractivity contribution in [2.75, 3.05) is 24.0 Å². The van der Waals surface area contributed by atoms with Gasteiger partial charge in [0.05, 0.1) is 6.61 Å². The maximum atomic E-state index is 12.4. The Morgan fingerprint density at radius 2 is 1.79 bits per heavy atom. The molecule has 0 spiro atoms. The Hall–Kier alpha value is -2.89. The second-order valence-electron chi connectivity index (χ2n) is 5.84. The Bertz CT molecular complexity index is 791. The number of carbonyl (C=O) groups excluding carboxylic acids is 1. The molecule has 4 rings (SSSR count). The molecule has 0 radical (unpaired) electrons. The van der Waals surface area contributed by atoms with Crippen molar-refractivity contribution in [1.82, 2.24) is 0 Å². The van der Waals surface area contributed by atoms with E-state index in [-0.39, 0.29) is 18.7 Å². The Labute approximate surface area is 139 Å². The van der Waals surface area contributed by atoms with Gasteiger partial charge in [-0.05, 0) is 42.8 Å². The third kappa shape index (κ3) is 2.82. The van der Waals surface area contributed by atoms with Crippen LogP contribution >= 0.6 is 0 Å². The Balaban J connectivity index is 1.41. The standard InChI is InChI=1S/C18H18N2O4/c1-11(19-13-2-4-15-12(8-13)6-7-22-15)18(21)20-14-3-5-16-17(9-14)24-10-23-16/h2-5,8-9,11,19H,6-7,10H2,1H3,(H,20,21)/t11-/m0/s1. The van der Waals surface area contributed by atoms with Gasteiger partial charge in [-0.1, -0.05) is 0 Å². The van der Waals surface area contributed by atoms with Crippen LogP contribution in [-0.2, 0) is 11.2 Å². The monoisotopic (exact) mass is 326 g/mol. The van der Waals surface area contributed by atoms with Gasteiger partial charge < -0.3 is 24.8 Å². The molecular weight excluding hydrogens is 308 g/mol. The molecule has 0 fully saturated rings. The molecule has 24 heavy (non-hydrogen) atoms. The van der Waals surface area contributed by atoms with Crippen molar-refractivity contribution in [3.63, 3.8) is 0 Å². The molecule has 0 saturated carbocycles. The van der Waals surface area contributed by atoms with Gasteiger partial charge >= 0.3 is 0 Å². The first kappa shape index (κ1) is 14.7. The average molecular weight is 326 g/mol. The van der Waals surface area contributed by atoms with Gasteiger partial charge in [0, 0.05) is 23.9 Å². The van der Waals surface area contributed by atoms with E-state index in [1.54, 1.807) is 18.2 Å². The van der Waals surface area contributed by atoms with Crippen LogP contribution in [0.25, 0.3) is 0 Å². The molecule has 2 aliphatic heterocycles. The second kappa shape index (κ2) is 5.96. The third-order valence-corrected chi connectivity index (χ3v) is 4.11. The maximum absolute atomic E-state index is 12.4. The fourth-order valence-electron chi connectivity index (χ4n) is 2.82. The van der Waals surface area contributed by atoms with Gasteiger partial charge in [-0.15, -0.1) is 0 Å². The molecule has 2 heterocycles. The number of rotatable bonds is 4. The quantitative estimate of drug-likeness (QED) is 0.904. The number of hydrogen-bond donors (Lipinski definition) is 2. The van der Waals surface area contributed by atoms with E-state index in [9.17, 15) is 4.79 Å². The Morgan fingerprint density at radius 3 is 2.71 bits per heavy atom. The number of anilines is 2. The zero-order chi connectivity index (χ0) is 16.5. The molecule has 0 bridgehead atoms. The molecule has 0 aromatic heterocycles. The fraction of sp³-hybridized carbons (Fsp3) is 0.278. The van der Waals surface area contributed by atoms with Gasteiger partial charge in [0.25, 0.3) is 0 Å². The molecule has 124 valence electrons. The zero-order valence-corrected chi connectivity index (χ0v) is 13.3. The summed E-state index contributed by atoms with van der Waals surface area (Å²) in [6, 6.07) is 10.9. The van der Waals surface area contributed by atoms with Crippen LogP contribution in [0.4, 0.5) is 11.4 Å². The van der Waals surface area contributed by atoms with Gasteiger partial charge in [-0.2, -0.15) is 0 Å². The summed E-state index contributed by atoms with van der Waals surface area (Å²) in [6.07, 6.45) is 0.905. The molecule has 6 nitrogen and oxygen atoms in total. The number of ether oxygens (including phenoxy) is 3. The van der Waals surface area contributed by atoms with E-state index >= 15 is 0 Å². The van der Waals surface area contributed by atoms with E-state index in [1.807, 2.05) is 25.1 Å². The van der Waals surface area contributed by atoms with Gasteiger partial charge in [0.1, 0.15) is 11.8 Å². The van der Waals surface area contributed by atoms with Gasteiger partial charge in [0.2, 0.25) is 12.7 Å². The summed E-state index contributed by atoms with van der Waals surface area (Å²) in [5.41, 5.74) is 2.76. The number of carbonyl (C=O) groups is 1. The zero-order valence-electron chi connectivity index (χ0n) is 13.3. The Kier molecular flexibility index (Phi) is 3.65. The van der Waals surface area contributed by atoms with Crippen molar-refractivity contribution in [3.8, 4) is 17.2 Å². The summed E-state index contributed by atoms with van der Waals surface area (Å²) < 4.78 is 16.1. The predicted molar refractivity (Wildman–Crippen MR) is 89.9 cm³/mol. The van der Waals surface area contributed by atoms with E-state index in [4.69, 9.17) is 14.2 Å². The molecule has 1 atom stereocenters. The highest BCUT2D eigenvalue weighted by Crippen LogP contribution is 2.34. The fourth-order valence-corrected chi connectivity index (χ4v) is 2.82. The molecular formula is C18H18N2O4. The Morgan fingerprint density at radius 1 is 1.00 bits per heavy atom. The lowest BCUT2D eigenvalue weighted by molar-refractivity contribution is -0.116. The normalized spacial score (nSPS) is 15.4. The lowest BCUT2D eigenvalue weighted by Gasteiger charge is -2.16. The minimum atomic E-state index is -0.379. The highest BCUT2D eigenvalue weighted by molar-refractivity contribution is 5.96. The minimum absolute atomic E-state index is 0.120. The van der Waals surface area contributed by atoms with E-state index in [1.165, 1.54) is 5.56 Å². The molecule has 2 aromatic rings. The molecule has 2 aromatic carbocycles. The lowest BCUT2D eigenvalue weighted by atomic mass is 10.1. The molecule has 2 aliphatic rings. The number of fused-ring (bicyclic) bond motifs is 2. The summed E-state index contributed by atoms with van der Waals surface area (Å²) >= 11 is 0. The van der Waals surface area contributed by atoms with Crippen LogP contribution in [0.5, 0.6) is 17.2 Å². The van der Waals surface area contributed by atoms with E-state index in [2.05, 4.69) is 10.6 Å². The topological polar surface area (TPSA) is 68.8 Å². The summed E-state index contributed by atoms with van der Waals surface area (Å²) in [4.78, 5) is 12.4. The number of amides is 1. The van der Waals surface area contributed by atoms with Crippen LogP contribution in [0.15, 0.2) is 36.4 Å². The van der Waals surface area contributed by atoms with E-state index < -0.39 is 0 Å². The van der Waals surface area contributed by atoms with Crippen molar-refractivity contribution in [2.24, 2.45) is 0 Å². The van der Waals surface area contributed by atoms with E-state index in [0.717, 1.165) is 24.5 Å². The van der Waals surface area contributed by atoms with Crippen molar-refractivity contribution in [1.29, 1.82) is 0 Å². The van der Waals surface area contributed by atoms with Crippen LogP contribution < -0.4 is 24.8 Å². The minimum Gasteiger partial charge on any atom is -0.493 e. The van der Waals surface area contributed by atoms with Gasteiger partial charge in [-0.3, -0.25) is 4.79 Å². The maximum Gasteiger partial charge on any atom is 0.246 e. The van der Waals surface area contributed by atoms with Crippen molar-refractivity contribution >= 4 is 17.3 Å². The molecule has 1 amide bonds. The largest absolute Gasteiger partial charge is 0.493 e. The van der Waals surface area contributed by atoms with Crippen LogP contribution in [0.2, 0.25) is 0 Å². The van der Waals surface area contributed by atoms with E-state index in [0.29, 0.717) is 17.2 Å². The summed E-state index contributed by atoms with van der Waals surface area (Å²) in [7, 11) is 0. The van der Waals surface area contributed by atoms with Crippen molar-refractivity contribution in [3.05, 3.63) is 42.0 Å². The van der Waals surface area contributed by atoms with Crippen LogP contribution in [0.3, 0.4) is 0 Å². The highest BCUT2D eigenvalue weighted by atomic mass is 16.7. The van der Waals surface area contributed by atoms with Crippen LogP contribution in [0, 0.1) is 0 Å². The second-order valence-corrected chi connectivity index (χ2v) is 5.84. The van der Waals surface area contributed by atoms with Crippen LogP contribution in [0.1, 0.15) is 12.5 Å². The number of benzene rings is 2. The van der Waals surface area contributed by atoms with Crippen molar-refractivity contribution in [2.45, 2.75) is 19.4 Å². The summed E-state index contributed by atoms with van der Waals surface area (Å²) in [6.45, 7) is 2.76. The number of hydrogen-bond acceptors (Lipinski definition) is 5. The molecule has 0 saturated heterocycles. The molecule has 2 N–H and O–H groups in total. The SMILES string of the molecule is C[C@H](Nc1ccc2c(c1)CCO2)C(=O)Nc1ccc2c(c1)OCO2. The smallest absolute Gasteiger partial charge is 0.246 e. The van der Waals surface area contributed by atoms with Gasteiger partial charge in [-0.25, -0.2) is 0 Å². The first-order valence-corrected chi connectivity index (χ1v) is 7.92. The highest BCUT2D eigenvalue weighted by Gasteiger charge is 2.18. The number of nitrogens with one attached hydrogen (secondary N) is 2. The summed E-state index contributed by atoms with van der Waals surface area (Å²) in [5.74, 6) is 2.15. The average Bonchev–Trinajstić information content (AvgIpc) is 3.22. The first-order chi connectivity index (χ1) is 11.7.